The van der Waals surface area contributed by atoms with E-state index < -0.39 is 0 Å². The van der Waals surface area contributed by atoms with E-state index in [1.807, 2.05) is 18.2 Å². The number of rotatable bonds is 0. The summed E-state index contributed by atoms with van der Waals surface area (Å²) in [5, 5.41) is 25.0. The minimum Gasteiger partial charge on any atom is -0.696 e. The van der Waals surface area contributed by atoms with Crippen LogP contribution in [0.3, 0.4) is 0 Å². The van der Waals surface area contributed by atoms with Crippen molar-refractivity contribution in [2.75, 3.05) is 19.6 Å². The Morgan fingerprint density at radius 3 is 1.58 bits per heavy atom. The maximum Gasteiger partial charge on any atom is 0 e. The van der Waals surface area contributed by atoms with Gasteiger partial charge in [0.15, 0.2) is 0 Å². The van der Waals surface area contributed by atoms with Gasteiger partial charge in [0.2, 0.25) is 0 Å². The predicted octanol–water partition coefficient (Wildman–Crippen LogP) is 3.01. The van der Waals surface area contributed by atoms with Gasteiger partial charge in [-0.25, -0.2) is 10.5 Å². The van der Waals surface area contributed by atoms with E-state index in [1.165, 1.54) is 30.1 Å². The molecule has 2 aliphatic heterocycles. The van der Waals surface area contributed by atoms with Gasteiger partial charge in [0.1, 0.15) is 0 Å². The van der Waals surface area contributed by atoms with E-state index in [2.05, 4.69) is 35.9 Å². The Morgan fingerprint density at radius 2 is 1.47 bits per heavy atom. The molecule has 0 unspecified atom stereocenters. The van der Waals surface area contributed by atoms with Crippen molar-refractivity contribution in [3.8, 4) is 10.8 Å². The Balaban J connectivity index is -0.000000188. The zero-order valence-corrected chi connectivity index (χ0v) is 16.5. The monoisotopic (exact) mass is 394 g/mol. The molecule has 0 bridgehead atoms. The standard InChI is InChI=1S/C5H10N.C5H6N.2CHNS.Cd/c2*1-2-4-6-5-3-1;2*2-1-3;/h1-5H2;1-4H,5H2;2*3H;/q2*-1;;;/p-2. The third-order valence-electron chi connectivity index (χ3n) is 1.78. The number of allylic oxidation sites excluding steroid dienone is 2. The number of hydrogen-bond donors (Lipinski definition) is 0. The van der Waals surface area contributed by atoms with Gasteiger partial charge in [0.25, 0.3) is 0 Å². The topological polar surface area (TPSA) is 75.8 Å². The fourth-order valence-corrected chi connectivity index (χ4v) is 1.11. The Morgan fingerprint density at radius 1 is 0.947 bits per heavy atom. The van der Waals surface area contributed by atoms with E-state index in [-0.39, 0.29) is 27.3 Å². The van der Waals surface area contributed by atoms with Crippen LogP contribution in [0, 0.1) is 21.3 Å². The molecule has 4 nitrogen and oxygen atoms in total. The molecule has 0 radical (unpaired) electrons. The van der Waals surface area contributed by atoms with Gasteiger partial charge in [0, 0.05) is 27.3 Å². The maximum absolute atomic E-state index is 7.13. The maximum atomic E-state index is 7.13. The van der Waals surface area contributed by atoms with Crippen molar-refractivity contribution in [1.29, 1.82) is 10.5 Å². The van der Waals surface area contributed by atoms with Crippen molar-refractivity contribution in [3.05, 3.63) is 35.1 Å². The Labute approximate surface area is 147 Å². The molecule has 0 aromatic rings. The summed E-state index contributed by atoms with van der Waals surface area (Å²) in [6.07, 6.45) is 11.8. The molecule has 0 aliphatic carbocycles. The molecule has 0 amide bonds. The first-order valence-electron chi connectivity index (χ1n) is 5.47. The van der Waals surface area contributed by atoms with Gasteiger partial charge in [-0.2, -0.15) is 6.20 Å². The van der Waals surface area contributed by atoms with Gasteiger partial charge < -0.3 is 35.9 Å². The molecule has 2 heterocycles. The van der Waals surface area contributed by atoms with Gasteiger partial charge in [-0.15, -0.1) is 25.7 Å². The van der Waals surface area contributed by atoms with Crippen molar-refractivity contribution in [2.45, 2.75) is 19.3 Å². The van der Waals surface area contributed by atoms with E-state index in [9.17, 15) is 0 Å². The molecule has 1 saturated heterocycles. The van der Waals surface area contributed by atoms with Crippen molar-refractivity contribution in [2.24, 2.45) is 0 Å². The van der Waals surface area contributed by atoms with Crippen LogP contribution < -0.4 is 0 Å². The minimum atomic E-state index is 0. The molecule has 102 valence electrons. The van der Waals surface area contributed by atoms with Crippen LogP contribution in [0.15, 0.2) is 24.4 Å². The van der Waals surface area contributed by atoms with Crippen LogP contribution in [0.1, 0.15) is 19.3 Å². The number of hydrogen-bond acceptors (Lipinski definition) is 4. The van der Waals surface area contributed by atoms with Crippen LogP contribution in [-0.2, 0) is 52.6 Å². The summed E-state index contributed by atoms with van der Waals surface area (Å²) in [4.78, 5) is 0. The molecule has 0 N–H and O–H groups in total. The van der Waals surface area contributed by atoms with Crippen molar-refractivity contribution in [3.63, 3.8) is 0 Å². The third-order valence-corrected chi connectivity index (χ3v) is 1.78. The van der Waals surface area contributed by atoms with Crippen molar-refractivity contribution in [1.82, 2.24) is 0 Å². The first-order valence-corrected chi connectivity index (χ1v) is 6.29. The normalized spacial score (nSPS) is 13.8. The SMILES string of the molecule is C1=CC[N-]C=C1.C1CC[N-]CC1.N#C[S-].N#C[S-].[Cd]. The predicted molar refractivity (Wildman–Crippen MR) is 79.4 cm³/mol. The fraction of sp³-hybridized carbons (Fsp3) is 0.500. The smallest absolute Gasteiger partial charge is 0 e. The molecule has 0 saturated carbocycles. The first kappa shape index (κ1) is 23.7. The summed E-state index contributed by atoms with van der Waals surface area (Å²) in [5.41, 5.74) is 0. The summed E-state index contributed by atoms with van der Waals surface area (Å²) in [6, 6.07) is 0. The average Bonchev–Trinajstić information content (AvgIpc) is 2.45. The molecule has 0 atom stereocenters. The van der Waals surface area contributed by atoms with Crippen LogP contribution in [0.5, 0.6) is 0 Å². The summed E-state index contributed by atoms with van der Waals surface area (Å²) < 4.78 is 0. The van der Waals surface area contributed by atoms with Crippen LogP contribution in [0.25, 0.3) is 10.6 Å². The molecule has 1 fully saturated rings. The van der Waals surface area contributed by atoms with E-state index in [0.29, 0.717) is 0 Å². The van der Waals surface area contributed by atoms with Crippen LogP contribution in [0.2, 0.25) is 0 Å². The molecular formula is C12H16CdN4S2-4. The second kappa shape index (κ2) is 26.2. The second-order valence-electron chi connectivity index (χ2n) is 3.05. The van der Waals surface area contributed by atoms with E-state index in [0.717, 1.165) is 19.6 Å². The second-order valence-corrected chi connectivity index (χ2v) is 3.41. The van der Waals surface area contributed by atoms with Gasteiger partial charge in [-0.3, -0.25) is 0 Å². The Hall–Kier alpha value is -0.418. The molecule has 0 spiro atoms. The number of thiocyanates is 2. The molecule has 0 aromatic carbocycles. The van der Waals surface area contributed by atoms with Gasteiger partial charge in [0.05, 0.1) is 0 Å². The quantitative estimate of drug-likeness (QED) is 0.361. The van der Waals surface area contributed by atoms with Gasteiger partial charge in [-0.05, 0) is 0 Å². The average molecular weight is 393 g/mol. The largest absolute Gasteiger partial charge is 0.696 e. The third kappa shape index (κ3) is 31.8. The number of nitrogens with zero attached hydrogens (tertiary/aromatic N) is 4. The van der Waals surface area contributed by atoms with E-state index >= 15 is 0 Å². The summed E-state index contributed by atoms with van der Waals surface area (Å²) >= 11 is 7.40. The van der Waals surface area contributed by atoms with Crippen molar-refractivity contribution < 1.29 is 27.3 Å². The number of nitriles is 2. The minimum absolute atomic E-state index is 0. The van der Waals surface area contributed by atoms with Crippen LogP contribution in [0.4, 0.5) is 0 Å². The zero-order valence-electron chi connectivity index (χ0n) is 10.9. The summed E-state index contributed by atoms with van der Waals surface area (Å²) in [6.45, 7) is 3.11. The summed E-state index contributed by atoms with van der Waals surface area (Å²) in [7, 11) is 0. The van der Waals surface area contributed by atoms with E-state index in [1.54, 1.807) is 6.20 Å². The van der Waals surface area contributed by atoms with Crippen LogP contribution in [-0.4, -0.2) is 19.6 Å². The summed E-state index contributed by atoms with van der Waals surface area (Å²) in [5.74, 6) is 0. The van der Waals surface area contributed by atoms with E-state index in [4.69, 9.17) is 10.5 Å². The van der Waals surface area contributed by atoms with Gasteiger partial charge in [-0.1, -0.05) is 42.2 Å². The zero-order chi connectivity index (χ0) is 13.9. The fourth-order valence-electron chi connectivity index (χ4n) is 1.11. The molecule has 19 heavy (non-hydrogen) atoms. The molecule has 2 rings (SSSR count). The Kier molecular flexibility index (Phi) is 32.6. The van der Waals surface area contributed by atoms with Gasteiger partial charge >= 0.3 is 0 Å². The number of piperidine rings is 1. The molecular weight excluding hydrogens is 377 g/mol. The molecule has 0 aromatic heterocycles. The van der Waals surface area contributed by atoms with Crippen molar-refractivity contribution >= 4 is 25.3 Å². The molecule has 2 aliphatic rings. The first-order chi connectivity index (χ1) is 8.83. The van der Waals surface area contributed by atoms with Crippen LogP contribution >= 0.6 is 0 Å². The Bertz CT molecular complexity index is 256. The molecule has 7 heteroatoms.